The van der Waals surface area contributed by atoms with E-state index in [9.17, 15) is 20.1 Å². The van der Waals surface area contributed by atoms with Gasteiger partial charge >= 0.3 is 5.97 Å². The van der Waals surface area contributed by atoms with Gasteiger partial charge in [-0.1, -0.05) is 51.3 Å². The van der Waals surface area contributed by atoms with Crippen LogP contribution in [0.2, 0.25) is 0 Å². The van der Waals surface area contributed by atoms with Crippen molar-refractivity contribution in [3.63, 3.8) is 0 Å². The molecule has 0 radical (unpaired) electrons. The Balaban J connectivity index is 0.857. The molecule has 8 bridgehead atoms. The summed E-state index contributed by atoms with van der Waals surface area (Å²) in [6.45, 7) is 17.1. The number of rotatable bonds is 7. The maximum absolute atomic E-state index is 13.4. The van der Waals surface area contributed by atoms with E-state index in [0.29, 0.717) is 54.9 Å². The van der Waals surface area contributed by atoms with Crippen molar-refractivity contribution in [2.45, 2.75) is 124 Å². The number of nitrogens with one attached hydrogen (secondary N) is 1. The lowest BCUT2D eigenvalue weighted by atomic mass is 9.53. The summed E-state index contributed by atoms with van der Waals surface area (Å²) in [4.78, 5) is 28.9. The number of hydrogen-bond donors (Lipinski definition) is 4. The number of benzene rings is 1. The predicted octanol–water partition coefficient (Wildman–Crippen LogP) is 10.6. The zero-order chi connectivity index (χ0) is 44.8. The molecule has 5 heterocycles. The molecule has 3 fully saturated rings. The number of fused-ring (bicyclic) bond motifs is 10. The molecule has 7 atom stereocenters. The van der Waals surface area contributed by atoms with Crippen LogP contribution in [0.1, 0.15) is 123 Å². The van der Waals surface area contributed by atoms with Crippen LogP contribution >= 0.6 is 0 Å². The van der Waals surface area contributed by atoms with Crippen molar-refractivity contribution in [1.29, 1.82) is 0 Å². The number of aromatic hydroxyl groups is 1. The molecule has 0 amide bonds. The van der Waals surface area contributed by atoms with Crippen molar-refractivity contribution in [1.82, 2.24) is 5.32 Å². The van der Waals surface area contributed by atoms with E-state index in [1.54, 1.807) is 0 Å². The maximum atomic E-state index is 13.4. The number of phenols is 1. The molecule has 1 aromatic carbocycles. The highest BCUT2D eigenvalue weighted by Gasteiger charge is 2.61. The first kappa shape index (κ1) is 42.2. The van der Waals surface area contributed by atoms with Gasteiger partial charge in [-0.3, -0.25) is 4.79 Å². The van der Waals surface area contributed by atoms with Crippen LogP contribution in [0, 0.1) is 40.9 Å². The number of phenolic OH excluding ortho intramolecular Hbond substituents is 1. The molecule has 9 heteroatoms. The predicted molar refractivity (Wildman–Crippen MR) is 252 cm³/mol. The van der Waals surface area contributed by atoms with Gasteiger partial charge in [-0.25, -0.2) is 15.0 Å². The summed E-state index contributed by atoms with van der Waals surface area (Å²) in [6.07, 6.45) is 16.0. The van der Waals surface area contributed by atoms with Crippen LogP contribution in [0.4, 0.5) is 0 Å². The molecule has 1 aromatic rings. The van der Waals surface area contributed by atoms with Crippen LogP contribution in [0.5, 0.6) is 5.75 Å². The fourth-order valence-electron chi connectivity index (χ4n) is 12.9. The highest BCUT2D eigenvalue weighted by molar-refractivity contribution is 6.21. The van der Waals surface area contributed by atoms with E-state index >= 15 is 0 Å². The number of carbonyl (C=O) groups is 1. The summed E-state index contributed by atoms with van der Waals surface area (Å²) >= 11 is 0. The molecule has 1 saturated heterocycles. The van der Waals surface area contributed by atoms with Crippen molar-refractivity contribution in [2.24, 2.45) is 44.1 Å². The second-order valence-corrected chi connectivity index (χ2v) is 19.7. The van der Waals surface area contributed by atoms with Gasteiger partial charge in [0, 0.05) is 64.6 Å². The Labute approximate surface area is 377 Å². The van der Waals surface area contributed by atoms with Gasteiger partial charge in [-0.05, 0) is 154 Å². The van der Waals surface area contributed by atoms with E-state index < -0.39 is 5.60 Å². The molecule has 0 spiro atoms. The van der Waals surface area contributed by atoms with Gasteiger partial charge < -0.3 is 25.4 Å². The van der Waals surface area contributed by atoms with E-state index in [1.165, 1.54) is 11.1 Å². The Bertz CT molecular complexity index is 2750. The standard InChI is InChI=1S/C55H60N4O5/c1-8-35-29(3)43-26-45-31(5)37(52(58-45)41-25-49(61)51-32(6)46(59-53(41)51)28-48-36(9-2)30(4)44(57-48)27-47(35)56-43)16-17-50(62)64-23-11-10-20-55(63)22-19-42-40-14-12-33-24-34(60)13-15-38(33)39(40)18-21-54(42,55)7/h8,13,15,24,26-28,31,37,39-40,42,58,60-61,63H,1,9,11-12,14,16-19,21-23,25H2,2-7H3/t31-,37-,39+,40+,42-,54-,55-/m0/s1. The van der Waals surface area contributed by atoms with E-state index in [0.717, 1.165) is 123 Å². The number of aryl methyl sites for hydroxylation is 1. The molecule has 2 saturated carbocycles. The van der Waals surface area contributed by atoms with E-state index in [2.05, 4.69) is 82.6 Å². The smallest absolute Gasteiger partial charge is 0.305 e. The Morgan fingerprint density at radius 2 is 1.81 bits per heavy atom. The summed E-state index contributed by atoms with van der Waals surface area (Å²) in [7, 11) is 0. The number of hydrogen-bond acceptors (Lipinski definition) is 9. The SMILES string of the molecule is C=CC1=C(C)C2=NC1=CC1=NC(=CC3=C(C)C4=C(O)CC(=C5NC(=C2)[C@@H](C)[C@@H]5CCC(=O)OCCC#C[C@]2(O)CC[C@H]5[C@@H]6CCc7cc(O)ccc7[C@H]6CC[C@@]52C)C4=N3)C(CC)=C1C. The summed E-state index contributed by atoms with van der Waals surface area (Å²) in [5, 5.41) is 37.4. The van der Waals surface area contributed by atoms with Crippen LogP contribution in [-0.2, 0) is 16.0 Å². The minimum absolute atomic E-state index is 0.0123. The number of ether oxygens (including phenoxy) is 1. The average Bonchev–Trinajstić information content (AvgIpc) is 4.07. The molecule has 4 aliphatic carbocycles. The van der Waals surface area contributed by atoms with Crippen molar-refractivity contribution in [3.8, 4) is 17.6 Å². The van der Waals surface area contributed by atoms with Gasteiger partial charge in [0.15, 0.2) is 0 Å². The second-order valence-electron chi connectivity index (χ2n) is 19.7. The van der Waals surface area contributed by atoms with Crippen LogP contribution in [-0.4, -0.2) is 50.6 Å². The topological polar surface area (TPSA) is 136 Å². The van der Waals surface area contributed by atoms with Gasteiger partial charge in [0.05, 0.1) is 34.2 Å². The molecular formula is C55H60N4O5. The van der Waals surface area contributed by atoms with Crippen molar-refractivity contribution >= 4 is 23.1 Å². The molecule has 9 aliphatic rings. The zero-order valence-corrected chi connectivity index (χ0v) is 38.1. The zero-order valence-electron chi connectivity index (χ0n) is 38.1. The quantitative estimate of drug-likeness (QED) is 0.122. The van der Waals surface area contributed by atoms with Crippen molar-refractivity contribution < 1.29 is 24.9 Å². The lowest BCUT2D eigenvalue weighted by molar-refractivity contribution is -0.143. The van der Waals surface area contributed by atoms with Gasteiger partial charge in [0.1, 0.15) is 23.7 Å². The summed E-state index contributed by atoms with van der Waals surface area (Å²) < 4.78 is 5.80. The number of aliphatic imine (C=N–C) groups is 3. The highest BCUT2D eigenvalue weighted by atomic mass is 16.5. The fraction of sp³-hybridized carbons (Fsp3) is 0.455. The minimum Gasteiger partial charge on any atom is -0.511 e. The Kier molecular flexibility index (Phi) is 10.4. The van der Waals surface area contributed by atoms with Gasteiger partial charge in [-0.15, -0.1) is 0 Å². The minimum atomic E-state index is -1.07. The third kappa shape index (κ3) is 6.61. The van der Waals surface area contributed by atoms with Gasteiger partial charge in [-0.2, -0.15) is 0 Å². The number of allylic oxidation sites excluding steroid dienone is 12. The lowest BCUT2D eigenvalue weighted by Gasteiger charge is -2.52. The number of esters is 1. The number of carbonyl (C=O) groups excluding carboxylic acids is 1. The van der Waals surface area contributed by atoms with Crippen LogP contribution in [0.15, 0.2) is 137 Å². The number of nitrogens with zero attached hydrogens (tertiary/aromatic N) is 3. The summed E-state index contributed by atoms with van der Waals surface area (Å²) in [5.41, 5.74) is 15.2. The molecule has 0 unspecified atom stereocenters. The maximum Gasteiger partial charge on any atom is 0.305 e. The molecule has 0 aromatic heterocycles. The van der Waals surface area contributed by atoms with E-state index in [4.69, 9.17) is 19.7 Å². The number of aliphatic hydroxyl groups excluding tert-OH is 1. The normalized spacial score (nSPS) is 31.1. The molecule has 330 valence electrons. The van der Waals surface area contributed by atoms with E-state index in [-0.39, 0.29) is 36.2 Å². The largest absolute Gasteiger partial charge is 0.511 e. The average molecular weight is 857 g/mol. The first-order valence-corrected chi connectivity index (χ1v) is 23.5. The first-order valence-electron chi connectivity index (χ1n) is 23.5. The molecule has 64 heavy (non-hydrogen) atoms. The van der Waals surface area contributed by atoms with Crippen LogP contribution in [0.25, 0.3) is 0 Å². The molecule has 10 rings (SSSR count). The van der Waals surface area contributed by atoms with Gasteiger partial charge in [0.25, 0.3) is 0 Å². The van der Waals surface area contributed by atoms with Crippen LogP contribution < -0.4 is 5.32 Å². The second kappa shape index (κ2) is 15.8. The van der Waals surface area contributed by atoms with Crippen molar-refractivity contribution in [2.75, 3.05) is 6.61 Å². The third-order valence-corrected chi connectivity index (χ3v) is 16.6. The number of aliphatic hydroxyl groups is 2. The monoisotopic (exact) mass is 856 g/mol. The van der Waals surface area contributed by atoms with E-state index in [1.807, 2.05) is 25.1 Å². The Morgan fingerprint density at radius 3 is 2.61 bits per heavy atom. The van der Waals surface area contributed by atoms with Crippen molar-refractivity contribution in [3.05, 3.63) is 133 Å². The van der Waals surface area contributed by atoms with Crippen LogP contribution in [0.3, 0.4) is 0 Å². The molecule has 9 nitrogen and oxygen atoms in total. The molecular weight excluding hydrogens is 797 g/mol. The molecule has 4 N–H and O–H groups in total. The third-order valence-electron chi connectivity index (χ3n) is 16.6. The summed E-state index contributed by atoms with van der Waals surface area (Å²) in [6, 6.07) is 5.87. The summed E-state index contributed by atoms with van der Waals surface area (Å²) in [5.74, 6) is 8.22. The Morgan fingerprint density at radius 1 is 1.02 bits per heavy atom. The lowest BCUT2D eigenvalue weighted by Crippen LogP contribution is -2.50. The van der Waals surface area contributed by atoms with Gasteiger partial charge in [0.2, 0.25) is 0 Å². The Hall–Kier alpha value is -5.72. The fourth-order valence-corrected chi connectivity index (χ4v) is 12.9. The highest BCUT2D eigenvalue weighted by Crippen LogP contribution is 2.64. The molecule has 5 aliphatic heterocycles. The first-order chi connectivity index (χ1) is 30.7.